The number of carbonyl (C=O) groups excluding carboxylic acids is 2. The Labute approximate surface area is 159 Å². The molecule has 1 aromatic heterocycles. The molecule has 1 fully saturated rings. The lowest BCUT2D eigenvalue weighted by atomic mass is 9.98. The monoisotopic (exact) mass is 366 g/mol. The number of anilines is 1. The Morgan fingerprint density at radius 3 is 2.78 bits per heavy atom. The number of fused-ring (bicyclic) bond motifs is 1. The number of nitrogens with one attached hydrogen (secondary N) is 1. The van der Waals surface area contributed by atoms with E-state index in [0.717, 1.165) is 30.0 Å². The van der Waals surface area contributed by atoms with Crippen LogP contribution in [-0.4, -0.2) is 23.3 Å². The maximum absolute atomic E-state index is 12.5. The molecule has 5 heteroatoms. The summed E-state index contributed by atoms with van der Waals surface area (Å²) < 4.78 is 5.23. The molecule has 0 bridgehead atoms. The molecule has 0 saturated heterocycles. The molecule has 5 nitrogen and oxygen atoms in total. The molecule has 27 heavy (non-hydrogen) atoms. The molecule has 2 aliphatic rings. The largest absolute Gasteiger partial charge is 0.459 e. The summed E-state index contributed by atoms with van der Waals surface area (Å²) in [4.78, 5) is 26.6. The molecule has 2 heterocycles. The van der Waals surface area contributed by atoms with Gasteiger partial charge in [-0.25, -0.2) is 0 Å². The molecule has 0 radical (unpaired) electrons. The highest BCUT2D eigenvalue weighted by molar-refractivity contribution is 5.92. The maximum atomic E-state index is 12.5. The summed E-state index contributed by atoms with van der Waals surface area (Å²) >= 11 is 0. The summed E-state index contributed by atoms with van der Waals surface area (Å²) in [5, 5.41) is 3.03. The molecular weight excluding hydrogens is 340 g/mol. The zero-order valence-electron chi connectivity index (χ0n) is 15.6. The second-order valence-corrected chi connectivity index (χ2v) is 7.67. The first-order valence-electron chi connectivity index (χ1n) is 9.93. The molecule has 4 rings (SSSR count). The molecule has 1 saturated carbocycles. The van der Waals surface area contributed by atoms with Crippen LogP contribution in [0.1, 0.15) is 60.2 Å². The Balaban J connectivity index is 1.37. The Hall–Kier alpha value is -2.56. The van der Waals surface area contributed by atoms with E-state index in [1.54, 1.807) is 17.0 Å². The summed E-state index contributed by atoms with van der Waals surface area (Å²) in [7, 11) is 0. The third kappa shape index (κ3) is 4.24. The minimum atomic E-state index is -0.0864. The van der Waals surface area contributed by atoms with Crippen molar-refractivity contribution in [2.24, 2.45) is 5.92 Å². The third-order valence-electron chi connectivity index (χ3n) is 5.78. The fourth-order valence-electron chi connectivity index (χ4n) is 4.22. The molecule has 1 N–H and O–H groups in total. The second kappa shape index (κ2) is 7.99. The zero-order valence-corrected chi connectivity index (χ0v) is 15.6. The Bertz CT molecular complexity index is 807. The average Bonchev–Trinajstić information content (AvgIpc) is 3.39. The first-order valence-corrected chi connectivity index (χ1v) is 9.93. The third-order valence-corrected chi connectivity index (χ3v) is 5.78. The first kappa shape index (κ1) is 17.8. The van der Waals surface area contributed by atoms with Crippen molar-refractivity contribution in [2.75, 3.05) is 11.9 Å². The smallest absolute Gasteiger partial charge is 0.289 e. The molecule has 2 amide bonds. The fraction of sp³-hybridized carbons (Fsp3) is 0.455. The number of hydrogen-bond acceptors (Lipinski definition) is 3. The first-order chi connectivity index (χ1) is 13.2. The maximum Gasteiger partial charge on any atom is 0.289 e. The van der Waals surface area contributed by atoms with E-state index in [-0.39, 0.29) is 11.8 Å². The van der Waals surface area contributed by atoms with Crippen molar-refractivity contribution in [1.29, 1.82) is 0 Å². The highest BCUT2D eigenvalue weighted by Gasteiger charge is 2.24. The summed E-state index contributed by atoms with van der Waals surface area (Å²) in [6.07, 6.45) is 9.07. The number of amides is 2. The molecule has 0 spiro atoms. The number of carbonyl (C=O) groups is 2. The number of hydrogen-bond donors (Lipinski definition) is 1. The number of rotatable bonds is 5. The van der Waals surface area contributed by atoms with Crippen LogP contribution in [0.5, 0.6) is 0 Å². The number of furan rings is 1. The van der Waals surface area contributed by atoms with Gasteiger partial charge in [-0.05, 0) is 54.2 Å². The predicted molar refractivity (Wildman–Crippen MR) is 103 cm³/mol. The van der Waals surface area contributed by atoms with Gasteiger partial charge in [-0.2, -0.15) is 0 Å². The van der Waals surface area contributed by atoms with Crippen LogP contribution in [0.2, 0.25) is 0 Å². The van der Waals surface area contributed by atoms with Crippen LogP contribution in [0.15, 0.2) is 41.0 Å². The normalized spacial score (nSPS) is 17.0. The topological polar surface area (TPSA) is 62.6 Å². The Morgan fingerprint density at radius 2 is 2.00 bits per heavy atom. The van der Waals surface area contributed by atoms with E-state index in [0.29, 0.717) is 25.3 Å². The molecule has 1 aromatic carbocycles. The highest BCUT2D eigenvalue weighted by Crippen LogP contribution is 2.29. The Morgan fingerprint density at radius 1 is 1.15 bits per heavy atom. The highest BCUT2D eigenvalue weighted by atomic mass is 16.3. The zero-order chi connectivity index (χ0) is 18.6. The molecule has 0 unspecified atom stereocenters. The predicted octanol–water partition coefficient (Wildman–Crippen LogP) is 4.39. The van der Waals surface area contributed by atoms with Gasteiger partial charge in [-0.3, -0.25) is 9.59 Å². The van der Waals surface area contributed by atoms with Crippen molar-refractivity contribution in [3.8, 4) is 0 Å². The molecule has 142 valence electrons. The minimum absolute atomic E-state index is 0.0844. The van der Waals surface area contributed by atoms with Gasteiger partial charge in [0, 0.05) is 25.2 Å². The number of benzene rings is 1. The lowest BCUT2D eigenvalue weighted by Gasteiger charge is -2.28. The van der Waals surface area contributed by atoms with E-state index >= 15 is 0 Å². The Kier molecular flexibility index (Phi) is 5.28. The molecule has 2 aromatic rings. The van der Waals surface area contributed by atoms with E-state index in [1.807, 2.05) is 12.1 Å². The van der Waals surface area contributed by atoms with Crippen LogP contribution in [0.25, 0.3) is 0 Å². The summed E-state index contributed by atoms with van der Waals surface area (Å²) in [5.41, 5.74) is 3.15. The SMILES string of the molecule is O=C(CCC1CCCC1)Nc1ccc2c(c1)CN(C(=O)c1ccco1)CC2. The minimum Gasteiger partial charge on any atom is -0.459 e. The molecule has 1 aliphatic heterocycles. The lowest BCUT2D eigenvalue weighted by molar-refractivity contribution is -0.116. The molecule has 1 aliphatic carbocycles. The van der Waals surface area contributed by atoms with E-state index < -0.39 is 0 Å². The van der Waals surface area contributed by atoms with Gasteiger partial charge in [-0.1, -0.05) is 31.7 Å². The average molecular weight is 366 g/mol. The van der Waals surface area contributed by atoms with Gasteiger partial charge in [0.25, 0.3) is 5.91 Å². The van der Waals surface area contributed by atoms with Gasteiger partial charge in [0.15, 0.2) is 5.76 Å². The van der Waals surface area contributed by atoms with Crippen LogP contribution < -0.4 is 5.32 Å². The van der Waals surface area contributed by atoms with Crippen LogP contribution in [-0.2, 0) is 17.8 Å². The van der Waals surface area contributed by atoms with Crippen molar-refractivity contribution in [3.63, 3.8) is 0 Å². The van der Waals surface area contributed by atoms with Crippen molar-refractivity contribution in [3.05, 3.63) is 53.5 Å². The van der Waals surface area contributed by atoms with Crippen LogP contribution in [0.4, 0.5) is 5.69 Å². The van der Waals surface area contributed by atoms with Crippen LogP contribution in [0.3, 0.4) is 0 Å². The van der Waals surface area contributed by atoms with Gasteiger partial charge < -0.3 is 14.6 Å². The summed E-state index contributed by atoms with van der Waals surface area (Å²) in [6.45, 7) is 1.22. The summed E-state index contributed by atoms with van der Waals surface area (Å²) in [5.74, 6) is 1.09. The standard InChI is InChI=1S/C22H26N2O3/c25-21(10-7-16-4-1-2-5-16)23-19-9-8-17-11-12-24(15-18(17)14-19)22(26)20-6-3-13-27-20/h3,6,8-9,13-14,16H,1-2,4-5,7,10-12,15H2,(H,23,25). The van der Waals surface area contributed by atoms with E-state index in [2.05, 4.69) is 11.4 Å². The van der Waals surface area contributed by atoms with Crippen molar-refractivity contribution >= 4 is 17.5 Å². The van der Waals surface area contributed by atoms with E-state index in [4.69, 9.17) is 4.42 Å². The van der Waals surface area contributed by atoms with Gasteiger partial charge in [0.2, 0.25) is 5.91 Å². The van der Waals surface area contributed by atoms with Crippen molar-refractivity contribution in [1.82, 2.24) is 4.90 Å². The van der Waals surface area contributed by atoms with E-state index in [1.165, 1.54) is 37.5 Å². The van der Waals surface area contributed by atoms with Gasteiger partial charge in [0.1, 0.15) is 0 Å². The number of nitrogens with zero attached hydrogens (tertiary/aromatic N) is 1. The molecule has 0 atom stereocenters. The van der Waals surface area contributed by atoms with Crippen LogP contribution >= 0.6 is 0 Å². The van der Waals surface area contributed by atoms with Gasteiger partial charge >= 0.3 is 0 Å². The molecular formula is C22H26N2O3. The quantitative estimate of drug-likeness (QED) is 0.854. The van der Waals surface area contributed by atoms with Crippen molar-refractivity contribution in [2.45, 2.75) is 51.5 Å². The van der Waals surface area contributed by atoms with Gasteiger partial charge in [-0.15, -0.1) is 0 Å². The fourth-order valence-corrected chi connectivity index (χ4v) is 4.22. The van der Waals surface area contributed by atoms with E-state index in [9.17, 15) is 9.59 Å². The summed E-state index contributed by atoms with van der Waals surface area (Å²) in [6, 6.07) is 9.46. The van der Waals surface area contributed by atoms with Gasteiger partial charge in [0.05, 0.1) is 6.26 Å². The lowest BCUT2D eigenvalue weighted by Crippen LogP contribution is -2.35. The van der Waals surface area contributed by atoms with Crippen LogP contribution in [0, 0.1) is 5.92 Å². The van der Waals surface area contributed by atoms with Crippen molar-refractivity contribution < 1.29 is 14.0 Å². The second-order valence-electron chi connectivity index (χ2n) is 7.67.